The van der Waals surface area contributed by atoms with E-state index in [4.69, 9.17) is 5.11 Å². The van der Waals surface area contributed by atoms with E-state index in [1.54, 1.807) is 11.8 Å². The molecule has 0 aromatic heterocycles. The Hall–Kier alpha value is 0.236. The maximum atomic E-state index is 11.6. The minimum atomic E-state index is -0.907. The zero-order chi connectivity index (χ0) is 16.1. The summed E-state index contributed by atoms with van der Waals surface area (Å²) in [4.78, 5) is 16.1. The van der Waals surface area contributed by atoms with Crippen LogP contribution in [0.2, 0.25) is 0 Å². The molecular weight excluding hydrogens is 311 g/mol. The van der Waals surface area contributed by atoms with E-state index < -0.39 is 12.1 Å². The van der Waals surface area contributed by atoms with Crippen molar-refractivity contribution in [1.29, 1.82) is 0 Å². The molecule has 2 N–H and O–H groups in total. The minimum absolute atomic E-state index is 0. The van der Waals surface area contributed by atoms with Crippen LogP contribution in [-0.2, 0) is 4.79 Å². The van der Waals surface area contributed by atoms with Gasteiger partial charge in [-0.25, -0.2) is 0 Å². The van der Waals surface area contributed by atoms with Crippen molar-refractivity contribution < 1.29 is 71.5 Å². The van der Waals surface area contributed by atoms with Gasteiger partial charge in [0.05, 0.1) is 19.2 Å². The monoisotopic (exact) mass is 338 g/mol. The zero-order valence-corrected chi connectivity index (χ0v) is 17.1. The number of aliphatic carboxylic acids is 1. The number of unbranched alkanes of at least 4 members (excludes halogenated alkanes) is 2. The van der Waals surface area contributed by atoms with E-state index in [-0.39, 0.29) is 83.3 Å². The number of carboxylic acids is 1. The van der Waals surface area contributed by atoms with E-state index >= 15 is 0 Å². The Morgan fingerprint density at radius 1 is 1.41 bits per heavy atom. The van der Waals surface area contributed by atoms with Gasteiger partial charge in [-0.05, 0) is 25.7 Å². The average molecular weight is 338 g/mol. The molecule has 0 aromatic carbocycles. The summed E-state index contributed by atoms with van der Waals surface area (Å²) in [6, 6.07) is 0. The maximum Gasteiger partial charge on any atom is 1.00 e. The van der Waals surface area contributed by atoms with Crippen molar-refractivity contribution in [2.45, 2.75) is 52.1 Å². The van der Waals surface area contributed by atoms with Gasteiger partial charge in [0, 0.05) is 13.1 Å². The van der Waals surface area contributed by atoms with Gasteiger partial charge in [-0.3, -0.25) is 14.7 Å². The van der Waals surface area contributed by atoms with E-state index in [1.807, 2.05) is 12.2 Å². The van der Waals surface area contributed by atoms with E-state index in [2.05, 4.69) is 11.9 Å². The molecule has 122 valence electrons. The fourth-order valence-electron chi connectivity index (χ4n) is 1.71. The predicted molar refractivity (Wildman–Crippen MR) is 81.1 cm³/mol. The molecule has 0 aliphatic rings. The second kappa shape index (κ2) is 16.1. The first kappa shape index (κ1) is 24.5. The van der Waals surface area contributed by atoms with Crippen molar-refractivity contribution in [3.05, 3.63) is 12.2 Å². The number of aliphatic hydroxyl groups is 1. The van der Waals surface area contributed by atoms with Crippen LogP contribution in [0.15, 0.2) is 17.1 Å². The summed E-state index contributed by atoms with van der Waals surface area (Å²) in [7, 11) is 0. The molecule has 0 saturated heterocycles. The molecule has 1 unspecified atom stereocenters. The zero-order valence-electron chi connectivity index (χ0n) is 14.0. The summed E-state index contributed by atoms with van der Waals surface area (Å²) in [6.07, 6.45) is 6.65. The molecule has 0 saturated carbocycles. The van der Waals surface area contributed by atoms with Gasteiger partial charge >= 0.3 is 57.4 Å². The van der Waals surface area contributed by atoms with E-state index in [1.165, 1.54) is 0 Å². The number of rotatable bonds is 12. The van der Waals surface area contributed by atoms with Gasteiger partial charge in [0.1, 0.15) is 0 Å². The Morgan fingerprint density at radius 2 is 2.09 bits per heavy atom. The summed E-state index contributed by atoms with van der Waals surface area (Å²) in [5.74, 6) is -1.13. The number of aliphatic imine (C=N–C) groups is 1. The number of hydrogen-bond donors (Lipinski definition) is 2. The number of allylic oxidation sites excluding steroid dienone is 1. The molecule has 0 bridgehead atoms. The van der Waals surface area contributed by atoms with Gasteiger partial charge in [0.2, 0.25) is 0 Å². The first-order valence-electron chi connectivity index (χ1n) is 7.43. The molecule has 0 aliphatic carbocycles. The molecule has 0 aliphatic heterocycles. The number of nitrogens with zero attached hydrogens (tertiary/aromatic N) is 2. The summed E-state index contributed by atoms with van der Waals surface area (Å²) >= 11 is 0. The average Bonchev–Trinajstić information content (AvgIpc) is 2.41. The van der Waals surface area contributed by atoms with Crippen LogP contribution in [-0.4, -0.2) is 52.8 Å². The molecule has 6 nitrogen and oxygen atoms in total. The van der Waals surface area contributed by atoms with Gasteiger partial charge in [-0.1, -0.05) is 31.9 Å². The normalized spacial score (nSPS) is 13.4. The van der Waals surface area contributed by atoms with Crippen LogP contribution in [0, 0.1) is 0 Å². The SMILES string of the molecule is CCCC/C=C/CC([O-])=NCN(CCC(=O)O)CC(C)O.[K+]. The Balaban J connectivity index is 0. The predicted octanol–water partition coefficient (Wildman–Crippen LogP) is -2.00. The second-order valence-corrected chi connectivity index (χ2v) is 5.08. The van der Waals surface area contributed by atoms with Gasteiger partial charge in [0.25, 0.3) is 0 Å². The third-order valence-corrected chi connectivity index (χ3v) is 2.79. The number of hydrogen-bond acceptors (Lipinski definition) is 5. The first-order valence-corrected chi connectivity index (χ1v) is 7.43. The molecule has 0 heterocycles. The molecule has 7 heteroatoms. The Labute approximate surface area is 175 Å². The molecule has 0 fully saturated rings. The van der Waals surface area contributed by atoms with Crippen LogP contribution in [0.25, 0.3) is 0 Å². The number of aliphatic hydroxyl groups excluding tert-OH is 1. The fourth-order valence-corrected chi connectivity index (χ4v) is 1.71. The smallest absolute Gasteiger partial charge is 0.862 e. The van der Waals surface area contributed by atoms with E-state index in [0.29, 0.717) is 6.54 Å². The van der Waals surface area contributed by atoms with Crippen LogP contribution in [0.3, 0.4) is 0 Å². The Morgan fingerprint density at radius 3 is 2.64 bits per heavy atom. The quantitative estimate of drug-likeness (QED) is 0.141. The van der Waals surface area contributed by atoms with Crippen LogP contribution < -0.4 is 56.5 Å². The third kappa shape index (κ3) is 16.6. The van der Waals surface area contributed by atoms with E-state index in [9.17, 15) is 15.0 Å². The standard InChI is InChI=1S/C15H28N2O4.K/c1-3-4-5-6-7-8-14(19)16-12-17(11-13(2)18)10-9-15(20)21;/h6-7,13,18H,3-5,8-12H2,1-2H3,(H,16,19)(H,20,21);/q;+1/p-1/b7-6+;. The first-order chi connectivity index (χ1) is 9.95. The van der Waals surface area contributed by atoms with Crippen molar-refractivity contribution in [2.75, 3.05) is 19.8 Å². The summed E-state index contributed by atoms with van der Waals surface area (Å²) < 4.78 is 0. The number of carbonyl (C=O) groups is 1. The molecule has 22 heavy (non-hydrogen) atoms. The number of carboxylic acid groups (broad SMARTS) is 1. The molecule has 0 rings (SSSR count). The second-order valence-electron chi connectivity index (χ2n) is 5.08. The van der Waals surface area contributed by atoms with Crippen molar-refractivity contribution in [3.63, 3.8) is 0 Å². The van der Waals surface area contributed by atoms with Gasteiger partial charge in [0.15, 0.2) is 0 Å². The summed E-state index contributed by atoms with van der Waals surface area (Å²) in [5, 5.41) is 29.6. The van der Waals surface area contributed by atoms with Crippen LogP contribution in [0.4, 0.5) is 0 Å². The molecule has 0 spiro atoms. The largest absolute Gasteiger partial charge is 1.00 e. The molecule has 0 radical (unpaired) electrons. The molecule has 1 atom stereocenters. The topological polar surface area (TPSA) is 96.2 Å². The molecular formula is C15H27KN2O4. The van der Waals surface area contributed by atoms with Crippen LogP contribution >= 0.6 is 0 Å². The van der Waals surface area contributed by atoms with Crippen molar-refractivity contribution >= 4 is 11.9 Å². The summed E-state index contributed by atoms with van der Waals surface area (Å²) in [6.45, 7) is 4.42. The maximum absolute atomic E-state index is 11.6. The van der Waals surface area contributed by atoms with Crippen molar-refractivity contribution in [3.8, 4) is 0 Å². The van der Waals surface area contributed by atoms with Crippen LogP contribution in [0.1, 0.15) is 46.0 Å². The Kier molecular flexibility index (Phi) is 17.9. The molecule has 0 amide bonds. The van der Waals surface area contributed by atoms with Gasteiger partial charge in [-0.15, -0.1) is 0 Å². The molecule has 0 aromatic rings. The van der Waals surface area contributed by atoms with Gasteiger partial charge in [-0.2, -0.15) is 0 Å². The third-order valence-electron chi connectivity index (χ3n) is 2.79. The van der Waals surface area contributed by atoms with Crippen LogP contribution in [0.5, 0.6) is 0 Å². The Bertz CT molecular complexity index is 346. The van der Waals surface area contributed by atoms with E-state index in [0.717, 1.165) is 19.3 Å². The van der Waals surface area contributed by atoms with Gasteiger partial charge < -0.3 is 15.3 Å². The summed E-state index contributed by atoms with van der Waals surface area (Å²) in [5.41, 5.74) is 0. The van der Waals surface area contributed by atoms with Crippen molar-refractivity contribution in [1.82, 2.24) is 4.90 Å². The minimum Gasteiger partial charge on any atom is -0.862 e. The van der Waals surface area contributed by atoms with Crippen molar-refractivity contribution in [2.24, 2.45) is 4.99 Å². The fraction of sp³-hybridized carbons (Fsp3) is 0.733.